The zero-order chi connectivity index (χ0) is 16.9. The summed E-state index contributed by atoms with van der Waals surface area (Å²) in [7, 11) is -3.54. The molecule has 0 radical (unpaired) electrons. The maximum atomic E-state index is 12.7. The van der Waals surface area contributed by atoms with Crippen LogP contribution in [0.5, 0.6) is 0 Å². The number of carbonyl (C=O) groups excluding carboxylic acids is 1. The Hall–Kier alpha value is -0.920. The van der Waals surface area contributed by atoms with Gasteiger partial charge in [-0.2, -0.15) is 4.31 Å². The predicted octanol–water partition coefficient (Wildman–Crippen LogP) is 2.77. The van der Waals surface area contributed by atoms with Crippen LogP contribution in [-0.4, -0.2) is 38.3 Å². The molecule has 1 aliphatic rings. The van der Waals surface area contributed by atoms with E-state index in [1.54, 1.807) is 24.3 Å². The third-order valence-corrected chi connectivity index (χ3v) is 6.44. The molecule has 1 heterocycles. The Morgan fingerprint density at radius 3 is 2.70 bits per heavy atom. The number of hydrogen-bond donors (Lipinski definition) is 1. The van der Waals surface area contributed by atoms with Crippen molar-refractivity contribution in [1.29, 1.82) is 0 Å². The third kappa shape index (κ3) is 4.78. The first-order chi connectivity index (χ1) is 10.9. The van der Waals surface area contributed by atoms with Crippen molar-refractivity contribution in [2.24, 2.45) is 5.92 Å². The molecule has 0 bridgehead atoms. The van der Waals surface area contributed by atoms with E-state index < -0.39 is 10.0 Å². The second-order valence-electron chi connectivity index (χ2n) is 5.80. The van der Waals surface area contributed by atoms with E-state index in [1.807, 2.05) is 0 Å². The lowest BCUT2D eigenvalue weighted by molar-refractivity contribution is -0.126. The van der Waals surface area contributed by atoms with Gasteiger partial charge in [-0.1, -0.05) is 29.3 Å². The third-order valence-electron chi connectivity index (χ3n) is 4.04. The van der Waals surface area contributed by atoms with Crippen molar-refractivity contribution >= 4 is 31.9 Å². The normalized spacial score (nSPS) is 19.5. The van der Waals surface area contributed by atoms with Crippen LogP contribution in [-0.2, 0) is 14.8 Å². The zero-order valence-corrected chi connectivity index (χ0v) is 15.7. The number of rotatable bonds is 6. The SMILES string of the molecule is CCCCNC(=O)[C@H]1CCCN(S(=O)(=O)c2ccc(Br)cc2)C1. The minimum atomic E-state index is -3.54. The van der Waals surface area contributed by atoms with Gasteiger partial charge in [0.1, 0.15) is 0 Å². The van der Waals surface area contributed by atoms with Gasteiger partial charge in [0.25, 0.3) is 0 Å². The van der Waals surface area contributed by atoms with Gasteiger partial charge in [0.15, 0.2) is 0 Å². The van der Waals surface area contributed by atoms with Crippen LogP contribution in [0.4, 0.5) is 0 Å². The van der Waals surface area contributed by atoms with Gasteiger partial charge < -0.3 is 5.32 Å². The van der Waals surface area contributed by atoms with Crippen molar-refractivity contribution in [1.82, 2.24) is 9.62 Å². The first-order valence-electron chi connectivity index (χ1n) is 7.98. The van der Waals surface area contributed by atoms with E-state index in [1.165, 1.54) is 4.31 Å². The zero-order valence-electron chi connectivity index (χ0n) is 13.3. The molecule has 1 atom stereocenters. The van der Waals surface area contributed by atoms with Gasteiger partial charge in [-0.05, 0) is 43.5 Å². The molecule has 2 rings (SSSR count). The van der Waals surface area contributed by atoms with E-state index in [4.69, 9.17) is 0 Å². The molecule has 5 nitrogen and oxygen atoms in total. The molecule has 0 aliphatic carbocycles. The largest absolute Gasteiger partial charge is 0.356 e. The Labute approximate surface area is 146 Å². The number of nitrogens with zero attached hydrogens (tertiary/aromatic N) is 1. The number of amides is 1. The molecule has 1 aromatic carbocycles. The first-order valence-corrected chi connectivity index (χ1v) is 10.2. The summed E-state index contributed by atoms with van der Waals surface area (Å²) < 4.78 is 27.7. The molecule has 0 saturated carbocycles. The van der Waals surface area contributed by atoms with Crippen molar-refractivity contribution in [2.75, 3.05) is 19.6 Å². The summed E-state index contributed by atoms with van der Waals surface area (Å²) in [6.45, 7) is 3.46. The Kier molecular flexibility index (Phi) is 6.61. The maximum absolute atomic E-state index is 12.7. The molecule has 23 heavy (non-hydrogen) atoms. The number of nitrogens with one attached hydrogen (secondary N) is 1. The van der Waals surface area contributed by atoms with Crippen molar-refractivity contribution in [2.45, 2.75) is 37.5 Å². The second-order valence-corrected chi connectivity index (χ2v) is 8.65. The summed E-state index contributed by atoms with van der Waals surface area (Å²) in [6, 6.07) is 6.60. The maximum Gasteiger partial charge on any atom is 0.243 e. The van der Waals surface area contributed by atoms with Crippen molar-refractivity contribution in [3.63, 3.8) is 0 Å². The summed E-state index contributed by atoms with van der Waals surface area (Å²) in [6.07, 6.45) is 3.42. The smallest absolute Gasteiger partial charge is 0.243 e. The lowest BCUT2D eigenvalue weighted by Crippen LogP contribution is -2.45. The highest BCUT2D eigenvalue weighted by molar-refractivity contribution is 9.10. The highest BCUT2D eigenvalue weighted by Crippen LogP contribution is 2.24. The van der Waals surface area contributed by atoms with Gasteiger partial charge in [0.2, 0.25) is 15.9 Å². The second kappa shape index (κ2) is 8.26. The van der Waals surface area contributed by atoms with Gasteiger partial charge in [-0.15, -0.1) is 0 Å². The minimum absolute atomic E-state index is 0.0332. The van der Waals surface area contributed by atoms with Crippen LogP contribution in [0.15, 0.2) is 33.6 Å². The molecule has 7 heteroatoms. The lowest BCUT2D eigenvalue weighted by atomic mass is 9.99. The van der Waals surface area contributed by atoms with Crippen LogP contribution in [0.25, 0.3) is 0 Å². The Balaban J connectivity index is 2.05. The van der Waals surface area contributed by atoms with Crippen LogP contribution in [0, 0.1) is 5.92 Å². The van der Waals surface area contributed by atoms with Gasteiger partial charge in [0, 0.05) is 24.1 Å². The molecule has 1 aromatic rings. The number of sulfonamides is 1. The monoisotopic (exact) mass is 402 g/mol. The highest BCUT2D eigenvalue weighted by Gasteiger charge is 2.33. The highest BCUT2D eigenvalue weighted by atomic mass is 79.9. The topological polar surface area (TPSA) is 66.5 Å². The predicted molar refractivity (Wildman–Crippen MR) is 93.5 cm³/mol. The molecule has 1 saturated heterocycles. The van der Waals surface area contributed by atoms with E-state index >= 15 is 0 Å². The molecule has 0 unspecified atom stereocenters. The van der Waals surface area contributed by atoms with Gasteiger partial charge in [-0.25, -0.2) is 8.42 Å². The van der Waals surface area contributed by atoms with E-state index in [2.05, 4.69) is 28.2 Å². The van der Waals surface area contributed by atoms with Crippen molar-refractivity contribution in [3.05, 3.63) is 28.7 Å². The van der Waals surface area contributed by atoms with E-state index in [-0.39, 0.29) is 23.3 Å². The van der Waals surface area contributed by atoms with E-state index in [0.717, 1.165) is 23.7 Å². The number of halogens is 1. The van der Waals surface area contributed by atoms with E-state index in [0.29, 0.717) is 19.5 Å². The van der Waals surface area contributed by atoms with E-state index in [9.17, 15) is 13.2 Å². The van der Waals surface area contributed by atoms with Crippen molar-refractivity contribution in [3.8, 4) is 0 Å². The summed E-state index contributed by atoms with van der Waals surface area (Å²) in [4.78, 5) is 12.5. The summed E-state index contributed by atoms with van der Waals surface area (Å²) >= 11 is 3.31. The average Bonchev–Trinajstić information content (AvgIpc) is 2.55. The van der Waals surface area contributed by atoms with Gasteiger partial charge in [0.05, 0.1) is 10.8 Å². The fourth-order valence-corrected chi connectivity index (χ4v) is 4.45. The van der Waals surface area contributed by atoms with Crippen molar-refractivity contribution < 1.29 is 13.2 Å². The molecular weight excluding hydrogens is 380 g/mol. The minimum Gasteiger partial charge on any atom is -0.356 e. The molecule has 1 amide bonds. The molecule has 128 valence electrons. The Bertz CT molecular complexity index is 631. The number of hydrogen-bond acceptors (Lipinski definition) is 3. The number of piperidine rings is 1. The van der Waals surface area contributed by atoms with Crippen LogP contribution in [0.3, 0.4) is 0 Å². The Morgan fingerprint density at radius 1 is 1.35 bits per heavy atom. The van der Waals surface area contributed by atoms with Crippen LogP contribution >= 0.6 is 15.9 Å². The van der Waals surface area contributed by atoms with Crippen LogP contribution in [0.1, 0.15) is 32.6 Å². The fourth-order valence-electron chi connectivity index (χ4n) is 2.66. The molecule has 0 aromatic heterocycles. The van der Waals surface area contributed by atoms with Crippen LogP contribution in [0.2, 0.25) is 0 Å². The summed E-state index contributed by atoms with van der Waals surface area (Å²) in [5, 5.41) is 2.91. The molecule has 1 aliphatic heterocycles. The number of unbranched alkanes of at least 4 members (excludes halogenated alkanes) is 1. The quantitative estimate of drug-likeness (QED) is 0.743. The van der Waals surface area contributed by atoms with Crippen LogP contribution < -0.4 is 5.32 Å². The Morgan fingerprint density at radius 2 is 2.04 bits per heavy atom. The first kappa shape index (κ1) is 18.4. The molecule has 1 fully saturated rings. The summed E-state index contributed by atoms with van der Waals surface area (Å²) in [5.74, 6) is -0.292. The molecule has 1 N–H and O–H groups in total. The molecular formula is C16H23BrN2O3S. The fraction of sp³-hybridized carbons (Fsp3) is 0.562. The molecule has 0 spiro atoms. The van der Waals surface area contributed by atoms with Gasteiger partial charge in [-0.3, -0.25) is 4.79 Å². The number of benzene rings is 1. The lowest BCUT2D eigenvalue weighted by Gasteiger charge is -2.31. The number of carbonyl (C=O) groups is 1. The van der Waals surface area contributed by atoms with Gasteiger partial charge >= 0.3 is 0 Å². The average molecular weight is 403 g/mol. The summed E-state index contributed by atoms with van der Waals surface area (Å²) in [5.41, 5.74) is 0. The standard InChI is InChI=1S/C16H23BrN2O3S/c1-2-3-10-18-16(20)13-5-4-11-19(12-13)23(21,22)15-8-6-14(17)7-9-15/h6-9,13H,2-5,10-12H2,1H3,(H,18,20)/t13-/m0/s1.